The second-order valence-electron chi connectivity index (χ2n) is 3.61. The van der Waals surface area contributed by atoms with Crippen molar-refractivity contribution in [3.05, 3.63) is 29.8 Å². The molecular weight excluding hydrogens is 202 g/mol. The summed E-state index contributed by atoms with van der Waals surface area (Å²) < 4.78 is 10.6. The van der Waals surface area contributed by atoms with Crippen molar-refractivity contribution in [3.8, 4) is 5.75 Å². The van der Waals surface area contributed by atoms with Gasteiger partial charge in [-0.3, -0.25) is 0 Å². The molecule has 16 heavy (non-hydrogen) atoms. The van der Waals surface area contributed by atoms with Crippen molar-refractivity contribution in [2.24, 2.45) is 0 Å². The fourth-order valence-electron chi connectivity index (χ4n) is 1.39. The Bertz CT molecular complexity index is 272. The van der Waals surface area contributed by atoms with E-state index in [0.29, 0.717) is 6.61 Å². The Morgan fingerprint density at radius 3 is 2.56 bits per heavy atom. The van der Waals surface area contributed by atoms with Gasteiger partial charge in [-0.15, -0.1) is 0 Å². The zero-order valence-electron chi connectivity index (χ0n) is 10.2. The van der Waals surface area contributed by atoms with E-state index in [1.807, 2.05) is 24.3 Å². The van der Waals surface area contributed by atoms with Gasteiger partial charge in [0.2, 0.25) is 0 Å². The summed E-state index contributed by atoms with van der Waals surface area (Å²) in [4.78, 5) is 0. The van der Waals surface area contributed by atoms with Crippen LogP contribution >= 0.6 is 0 Å². The van der Waals surface area contributed by atoms with Crippen LogP contribution in [-0.2, 0) is 11.3 Å². The van der Waals surface area contributed by atoms with Gasteiger partial charge in [0.15, 0.2) is 0 Å². The van der Waals surface area contributed by atoms with Crippen LogP contribution in [0.5, 0.6) is 5.75 Å². The van der Waals surface area contributed by atoms with E-state index in [1.165, 1.54) is 5.56 Å². The van der Waals surface area contributed by atoms with E-state index in [2.05, 4.69) is 12.2 Å². The van der Waals surface area contributed by atoms with Crippen molar-refractivity contribution in [1.29, 1.82) is 0 Å². The Balaban J connectivity index is 2.12. The third kappa shape index (κ3) is 5.14. The van der Waals surface area contributed by atoms with Gasteiger partial charge in [-0.2, -0.15) is 0 Å². The van der Waals surface area contributed by atoms with Crippen LogP contribution < -0.4 is 10.1 Å². The molecule has 0 fully saturated rings. The number of benzene rings is 1. The molecule has 0 saturated carbocycles. The first-order valence-corrected chi connectivity index (χ1v) is 5.78. The minimum Gasteiger partial charge on any atom is -0.497 e. The predicted octanol–water partition coefficient (Wildman–Crippen LogP) is 2.21. The standard InChI is InChI=1S/C13H21NO2/c1-3-14-9-4-10-16-11-12-5-7-13(15-2)8-6-12/h5-8,14H,3-4,9-11H2,1-2H3. The average molecular weight is 223 g/mol. The molecule has 0 saturated heterocycles. The molecule has 3 heteroatoms. The zero-order valence-corrected chi connectivity index (χ0v) is 10.2. The average Bonchev–Trinajstić information content (AvgIpc) is 2.34. The maximum Gasteiger partial charge on any atom is 0.118 e. The van der Waals surface area contributed by atoms with E-state index in [4.69, 9.17) is 9.47 Å². The lowest BCUT2D eigenvalue weighted by Gasteiger charge is -2.05. The maximum atomic E-state index is 5.56. The van der Waals surface area contributed by atoms with Crippen molar-refractivity contribution in [1.82, 2.24) is 5.32 Å². The molecule has 0 bridgehead atoms. The summed E-state index contributed by atoms with van der Waals surface area (Å²) in [6, 6.07) is 7.97. The maximum absolute atomic E-state index is 5.56. The first-order valence-electron chi connectivity index (χ1n) is 5.78. The van der Waals surface area contributed by atoms with Gasteiger partial charge in [0.1, 0.15) is 5.75 Å². The smallest absolute Gasteiger partial charge is 0.118 e. The van der Waals surface area contributed by atoms with Crippen molar-refractivity contribution < 1.29 is 9.47 Å². The summed E-state index contributed by atoms with van der Waals surface area (Å²) in [7, 11) is 1.67. The highest BCUT2D eigenvalue weighted by Gasteiger charge is 1.94. The summed E-state index contributed by atoms with van der Waals surface area (Å²) in [6.07, 6.45) is 1.06. The van der Waals surface area contributed by atoms with E-state index < -0.39 is 0 Å². The van der Waals surface area contributed by atoms with Crippen molar-refractivity contribution in [3.63, 3.8) is 0 Å². The van der Waals surface area contributed by atoms with Crippen molar-refractivity contribution in [2.75, 3.05) is 26.8 Å². The number of methoxy groups -OCH3 is 1. The first kappa shape index (κ1) is 13.0. The lowest BCUT2D eigenvalue weighted by atomic mass is 10.2. The Morgan fingerprint density at radius 2 is 1.94 bits per heavy atom. The molecular formula is C13H21NO2. The van der Waals surface area contributed by atoms with Crippen LogP contribution in [-0.4, -0.2) is 26.8 Å². The second kappa shape index (κ2) is 8.13. The molecule has 0 aliphatic rings. The Hall–Kier alpha value is -1.06. The van der Waals surface area contributed by atoms with Crippen LogP contribution in [0.3, 0.4) is 0 Å². The van der Waals surface area contributed by atoms with Gasteiger partial charge in [-0.05, 0) is 37.2 Å². The minimum absolute atomic E-state index is 0.677. The number of hydrogen-bond donors (Lipinski definition) is 1. The third-order valence-electron chi connectivity index (χ3n) is 2.32. The summed E-state index contributed by atoms with van der Waals surface area (Å²) in [5, 5.41) is 3.27. The van der Waals surface area contributed by atoms with Gasteiger partial charge in [-0.25, -0.2) is 0 Å². The van der Waals surface area contributed by atoms with E-state index >= 15 is 0 Å². The molecule has 0 spiro atoms. The van der Waals surface area contributed by atoms with Crippen LogP contribution in [0.25, 0.3) is 0 Å². The molecule has 3 nitrogen and oxygen atoms in total. The summed E-state index contributed by atoms with van der Waals surface area (Å²) in [5.41, 5.74) is 1.18. The molecule has 90 valence electrons. The number of ether oxygens (including phenoxy) is 2. The van der Waals surface area contributed by atoms with E-state index in [9.17, 15) is 0 Å². The lowest BCUT2D eigenvalue weighted by Crippen LogP contribution is -2.15. The quantitative estimate of drug-likeness (QED) is 0.685. The normalized spacial score (nSPS) is 10.4. The molecule has 0 atom stereocenters. The minimum atomic E-state index is 0.677. The summed E-state index contributed by atoms with van der Waals surface area (Å²) in [6.45, 7) is 5.64. The molecule has 1 aromatic rings. The highest BCUT2D eigenvalue weighted by molar-refractivity contribution is 5.26. The highest BCUT2D eigenvalue weighted by Crippen LogP contribution is 2.11. The van der Waals surface area contributed by atoms with Crippen LogP contribution in [0.1, 0.15) is 18.9 Å². The van der Waals surface area contributed by atoms with Gasteiger partial charge in [0.25, 0.3) is 0 Å². The van der Waals surface area contributed by atoms with E-state index in [1.54, 1.807) is 7.11 Å². The Morgan fingerprint density at radius 1 is 1.19 bits per heavy atom. The number of hydrogen-bond acceptors (Lipinski definition) is 3. The molecule has 1 rings (SSSR count). The topological polar surface area (TPSA) is 30.5 Å². The molecule has 0 unspecified atom stereocenters. The van der Waals surface area contributed by atoms with E-state index in [0.717, 1.165) is 31.9 Å². The number of nitrogens with one attached hydrogen (secondary N) is 1. The van der Waals surface area contributed by atoms with Gasteiger partial charge in [0, 0.05) is 6.61 Å². The first-order chi connectivity index (χ1) is 7.86. The molecule has 0 aliphatic heterocycles. The third-order valence-corrected chi connectivity index (χ3v) is 2.32. The van der Waals surface area contributed by atoms with Gasteiger partial charge in [0.05, 0.1) is 13.7 Å². The molecule has 0 aromatic heterocycles. The summed E-state index contributed by atoms with van der Waals surface area (Å²) >= 11 is 0. The largest absolute Gasteiger partial charge is 0.497 e. The fraction of sp³-hybridized carbons (Fsp3) is 0.538. The fourth-order valence-corrected chi connectivity index (χ4v) is 1.39. The molecule has 1 N–H and O–H groups in total. The SMILES string of the molecule is CCNCCCOCc1ccc(OC)cc1. The van der Waals surface area contributed by atoms with Crippen LogP contribution in [0.2, 0.25) is 0 Å². The highest BCUT2D eigenvalue weighted by atomic mass is 16.5. The van der Waals surface area contributed by atoms with E-state index in [-0.39, 0.29) is 0 Å². The molecule has 0 aliphatic carbocycles. The molecule has 1 aromatic carbocycles. The monoisotopic (exact) mass is 223 g/mol. The van der Waals surface area contributed by atoms with Gasteiger partial charge in [-0.1, -0.05) is 19.1 Å². The molecule has 0 amide bonds. The zero-order chi connectivity index (χ0) is 11.6. The second-order valence-corrected chi connectivity index (χ2v) is 3.61. The molecule has 0 heterocycles. The molecule has 0 radical (unpaired) electrons. The summed E-state index contributed by atoms with van der Waals surface area (Å²) in [5.74, 6) is 0.885. The van der Waals surface area contributed by atoms with Crippen molar-refractivity contribution >= 4 is 0 Å². The van der Waals surface area contributed by atoms with Crippen LogP contribution in [0, 0.1) is 0 Å². The van der Waals surface area contributed by atoms with Gasteiger partial charge < -0.3 is 14.8 Å². The Kier molecular flexibility index (Phi) is 6.61. The van der Waals surface area contributed by atoms with Crippen LogP contribution in [0.15, 0.2) is 24.3 Å². The predicted molar refractivity (Wildman–Crippen MR) is 65.8 cm³/mol. The lowest BCUT2D eigenvalue weighted by molar-refractivity contribution is 0.118. The number of rotatable bonds is 8. The van der Waals surface area contributed by atoms with Crippen molar-refractivity contribution in [2.45, 2.75) is 20.0 Å². The Labute approximate surface area is 97.8 Å². The van der Waals surface area contributed by atoms with Gasteiger partial charge >= 0.3 is 0 Å². The van der Waals surface area contributed by atoms with Crippen LogP contribution in [0.4, 0.5) is 0 Å².